The van der Waals surface area contributed by atoms with Gasteiger partial charge in [0.2, 0.25) is 6.79 Å². The Kier molecular flexibility index (Phi) is 5.74. The number of rotatable bonds is 4. The number of hydrogen-bond donors (Lipinski definition) is 0. The predicted molar refractivity (Wildman–Crippen MR) is 45.2 cm³/mol. The average Bonchev–Trinajstić information content (AvgIpc) is 2.04. The van der Waals surface area contributed by atoms with E-state index in [9.17, 15) is 4.79 Å². The van der Waals surface area contributed by atoms with E-state index >= 15 is 0 Å². The molecule has 0 atom stereocenters. The van der Waals surface area contributed by atoms with Crippen LogP contribution < -0.4 is 0 Å². The number of thiocarbonyl (C=S) groups is 1. The Labute approximate surface area is 71.7 Å². The Morgan fingerprint density at radius 3 is 2.36 bits per heavy atom. The molecule has 64 valence electrons. The van der Waals surface area contributed by atoms with Gasteiger partial charge in [-0.2, -0.15) is 0 Å². The number of carbonyl (C=O) groups is 1. The molecular weight excluding hydrogens is 164 g/mol. The van der Waals surface area contributed by atoms with Gasteiger partial charge in [-0.15, -0.1) is 0 Å². The van der Waals surface area contributed by atoms with Gasteiger partial charge in [0.15, 0.2) is 5.05 Å². The third-order valence-corrected chi connectivity index (χ3v) is 1.42. The Morgan fingerprint density at radius 1 is 1.27 bits per heavy atom. The molecule has 0 saturated heterocycles. The highest BCUT2D eigenvalue weighted by Crippen LogP contribution is 1.90. The van der Waals surface area contributed by atoms with Crippen LogP contribution in [0.4, 0.5) is 0 Å². The fraction of sp³-hybridized carbons (Fsp3) is 0.714. The molecule has 3 nitrogen and oxygen atoms in total. The molecule has 0 aliphatic carbocycles. The highest BCUT2D eigenvalue weighted by Gasteiger charge is 1.98. The maximum atomic E-state index is 10.5. The largest absolute Gasteiger partial charge is 0.451 e. The van der Waals surface area contributed by atoms with Gasteiger partial charge in [0.1, 0.15) is 0 Å². The van der Waals surface area contributed by atoms with Crippen molar-refractivity contribution < 1.29 is 14.3 Å². The first kappa shape index (κ1) is 10.4. The third-order valence-electron chi connectivity index (χ3n) is 1.02. The van der Waals surface area contributed by atoms with E-state index in [0.29, 0.717) is 17.9 Å². The quantitative estimate of drug-likeness (QED) is 0.370. The first-order valence-electron chi connectivity index (χ1n) is 3.52. The van der Waals surface area contributed by atoms with E-state index in [0.717, 1.165) is 0 Å². The maximum absolute atomic E-state index is 10.5. The van der Waals surface area contributed by atoms with E-state index in [1.807, 2.05) is 6.92 Å². The zero-order valence-electron chi connectivity index (χ0n) is 6.75. The van der Waals surface area contributed by atoms with Crippen LogP contribution in [0.3, 0.4) is 0 Å². The van der Waals surface area contributed by atoms with Crippen molar-refractivity contribution in [2.45, 2.75) is 26.7 Å². The summed E-state index contributed by atoms with van der Waals surface area (Å²) in [5, 5.41) is 0.467. The molecule has 11 heavy (non-hydrogen) atoms. The Hall–Kier alpha value is -0.640. The molecule has 0 heterocycles. The first-order valence-corrected chi connectivity index (χ1v) is 3.92. The van der Waals surface area contributed by atoms with Crippen molar-refractivity contribution in [3.8, 4) is 0 Å². The standard InChI is InChI=1S/C7H12O3S/c1-3-6(8)9-5-10-7(11)4-2/h3-5H2,1-2H3. The van der Waals surface area contributed by atoms with Crippen molar-refractivity contribution in [1.82, 2.24) is 0 Å². The molecule has 0 aliphatic rings. The highest BCUT2D eigenvalue weighted by molar-refractivity contribution is 7.80. The smallest absolute Gasteiger partial charge is 0.308 e. The molecule has 0 aliphatic heterocycles. The molecule has 0 bridgehead atoms. The molecule has 0 saturated carbocycles. The van der Waals surface area contributed by atoms with E-state index in [2.05, 4.69) is 4.74 Å². The van der Waals surface area contributed by atoms with Gasteiger partial charge in [-0.05, 0) is 12.2 Å². The molecule has 0 fully saturated rings. The minimum absolute atomic E-state index is 0.0562. The van der Waals surface area contributed by atoms with E-state index in [4.69, 9.17) is 17.0 Å². The summed E-state index contributed by atoms with van der Waals surface area (Å²) in [5.74, 6) is -0.274. The second kappa shape index (κ2) is 6.09. The molecule has 4 heteroatoms. The summed E-state index contributed by atoms with van der Waals surface area (Å²) in [6.07, 6.45) is 1.03. The summed E-state index contributed by atoms with van der Waals surface area (Å²) in [6, 6.07) is 0. The predicted octanol–water partition coefficient (Wildman–Crippen LogP) is 1.65. The van der Waals surface area contributed by atoms with Crippen LogP contribution in [0, 0.1) is 0 Å². The first-order chi connectivity index (χ1) is 5.20. The Morgan fingerprint density at radius 2 is 1.91 bits per heavy atom. The van der Waals surface area contributed by atoms with Crippen molar-refractivity contribution in [2.24, 2.45) is 0 Å². The van der Waals surface area contributed by atoms with E-state index < -0.39 is 0 Å². The van der Waals surface area contributed by atoms with Gasteiger partial charge in [0, 0.05) is 12.8 Å². The molecule has 0 amide bonds. The topological polar surface area (TPSA) is 35.5 Å². The van der Waals surface area contributed by atoms with Crippen LogP contribution in [0.25, 0.3) is 0 Å². The van der Waals surface area contributed by atoms with Crippen LogP contribution in [-0.4, -0.2) is 17.8 Å². The average molecular weight is 176 g/mol. The van der Waals surface area contributed by atoms with Crippen molar-refractivity contribution in [3.05, 3.63) is 0 Å². The summed E-state index contributed by atoms with van der Waals surface area (Å²) in [7, 11) is 0. The Bertz CT molecular complexity index is 129. The second-order valence-electron chi connectivity index (χ2n) is 1.86. The lowest BCUT2D eigenvalue weighted by molar-refractivity contribution is -0.150. The molecule has 0 aromatic heterocycles. The summed E-state index contributed by atoms with van der Waals surface area (Å²) in [6.45, 7) is 3.55. The van der Waals surface area contributed by atoms with Crippen LogP contribution >= 0.6 is 12.2 Å². The number of hydrogen-bond acceptors (Lipinski definition) is 4. The van der Waals surface area contributed by atoms with Crippen molar-refractivity contribution in [2.75, 3.05) is 6.79 Å². The lowest BCUT2D eigenvalue weighted by Gasteiger charge is -2.04. The van der Waals surface area contributed by atoms with Gasteiger partial charge >= 0.3 is 5.97 Å². The minimum atomic E-state index is -0.274. The van der Waals surface area contributed by atoms with Gasteiger partial charge in [0.05, 0.1) is 0 Å². The highest BCUT2D eigenvalue weighted by atomic mass is 32.1. The molecule has 0 unspecified atom stereocenters. The third kappa shape index (κ3) is 5.79. The lowest BCUT2D eigenvalue weighted by atomic mass is 10.5. The SMILES string of the molecule is CCC(=O)OCOC(=S)CC. The van der Waals surface area contributed by atoms with Gasteiger partial charge in [-0.1, -0.05) is 13.8 Å². The van der Waals surface area contributed by atoms with Gasteiger partial charge in [-0.25, -0.2) is 0 Å². The molecular formula is C7H12O3S. The number of carbonyl (C=O) groups excluding carboxylic acids is 1. The molecule has 0 radical (unpaired) electrons. The van der Waals surface area contributed by atoms with Crippen LogP contribution in [0.15, 0.2) is 0 Å². The second-order valence-corrected chi connectivity index (χ2v) is 2.31. The fourth-order valence-electron chi connectivity index (χ4n) is 0.365. The minimum Gasteiger partial charge on any atom is -0.451 e. The van der Waals surface area contributed by atoms with Crippen molar-refractivity contribution in [1.29, 1.82) is 0 Å². The zero-order chi connectivity index (χ0) is 8.69. The van der Waals surface area contributed by atoms with Crippen LogP contribution in [0.1, 0.15) is 26.7 Å². The summed E-state index contributed by atoms with van der Waals surface area (Å²) >= 11 is 4.73. The number of ether oxygens (including phenoxy) is 2. The molecule has 0 rings (SSSR count). The van der Waals surface area contributed by atoms with Crippen LogP contribution in [-0.2, 0) is 14.3 Å². The van der Waals surface area contributed by atoms with E-state index in [1.165, 1.54) is 0 Å². The van der Waals surface area contributed by atoms with E-state index in [1.54, 1.807) is 6.92 Å². The van der Waals surface area contributed by atoms with E-state index in [-0.39, 0.29) is 12.8 Å². The summed E-state index contributed by atoms with van der Waals surface area (Å²) in [5.41, 5.74) is 0. The van der Waals surface area contributed by atoms with Crippen molar-refractivity contribution in [3.63, 3.8) is 0 Å². The lowest BCUT2D eigenvalue weighted by Crippen LogP contribution is -2.09. The Balaban J connectivity index is 3.27. The van der Waals surface area contributed by atoms with Crippen molar-refractivity contribution >= 4 is 23.2 Å². The maximum Gasteiger partial charge on any atom is 0.308 e. The molecule has 0 aromatic carbocycles. The summed E-state index contributed by atoms with van der Waals surface area (Å²) < 4.78 is 9.47. The van der Waals surface area contributed by atoms with Crippen LogP contribution in [0.2, 0.25) is 0 Å². The van der Waals surface area contributed by atoms with Crippen LogP contribution in [0.5, 0.6) is 0 Å². The van der Waals surface area contributed by atoms with Gasteiger partial charge < -0.3 is 9.47 Å². The fourth-order valence-corrected chi connectivity index (χ4v) is 0.413. The molecule has 0 spiro atoms. The van der Waals surface area contributed by atoms with Gasteiger partial charge in [0.25, 0.3) is 0 Å². The molecule has 0 N–H and O–H groups in total. The van der Waals surface area contributed by atoms with Gasteiger partial charge in [-0.3, -0.25) is 4.79 Å². The number of esters is 1. The monoisotopic (exact) mass is 176 g/mol. The normalized spacial score (nSPS) is 8.91. The molecule has 0 aromatic rings. The summed E-state index contributed by atoms with van der Waals surface area (Å²) in [4.78, 5) is 10.5. The zero-order valence-corrected chi connectivity index (χ0v) is 7.57.